The number of halogens is 2. The fraction of sp³-hybridized carbons (Fsp3) is 0.231. The first kappa shape index (κ1) is 14.3. The van der Waals surface area contributed by atoms with Crippen LogP contribution in [0.25, 0.3) is 0 Å². The Bertz CT molecular complexity index is 767. The van der Waals surface area contributed by atoms with Crippen LogP contribution in [0.1, 0.15) is 5.69 Å². The summed E-state index contributed by atoms with van der Waals surface area (Å²) in [7, 11) is 2.99. The highest BCUT2D eigenvalue weighted by Crippen LogP contribution is 2.22. The number of rotatable bonds is 3. The average Bonchev–Trinajstić information content (AvgIpc) is 2.40. The van der Waals surface area contributed by atoms with Crippen LogP contribution in [-0.2, 0) is 20.6 Å². The zero-order valence-electron chi connectivity index (χ0n) is 11.0. The molecule has 0 saturated heterocycles. The number of aromatic nitrogens is 2. The second kappa shape index (κ2) is 5.50. The maximum absolute atomic E-state index is 12.9. The van der Waals surface area contributed by atoms with Crippen molar-refractivity contribution in [1.82, 2.24) is 9.13 Å². The lowest BCUT2D eigenvalue weighted by molar-refractivity contribution is 0.628. The zero-order valence-corrected chi connectivity index (χ0v) is 11.7. The molecule has 7 heteroatoms. The van der Waals surface area contributed by atoms with Gasteiger partial charge in [-0.1, -0.05) is 11.6 Å². The van der Waals surface area contributed by atoms with Gasteiger partial charge in [0.2, 0.25) is 0 Å². The normalized spacial score (nSPS) is 10.6. The van der Waals surface area contributed by atoms with Crippen LogP contribution in [0.2, 0.25) is 5.02 Å². The molecule has 0 unspecified atom stereocenters. The Morgan fingerprint density at radius 3 is 2.55 bits per heavy atom. The molecule has 0 bridgehead atoms. The summed E-state index contributed by atoms with van der Waals surface area (Å²) in [6, 6.07) is 5.33. The molecule has 2 rings (SSSR count). The number of anilines is 1. The minimum atomic E-state index is -0.429. The Morgan fingerprint density at radius 2 is 1.90 bits per heavy atom. The third-order valence-corrected chi connectivity index (χ3v) is 3.33. The third-order valence-electron chi connectivity index (χ3n) is 3.02. The maximum atomic E-state index is 12.9. The van der Waals surface area contributed by atoms with Gasteiger partial charge in [0.15, 0.2) is 0 Å². The van der Waals surface area contributed by atoms with Gasteiger partial charge >= 0.3 is 5.69 Å². The van der Waals surface area contributed by atoms with E-state index < -0.39 is 11.5 Å². The van der Waals surface area contributed by atoms with Crippen LogP contribution in [0.15, 0.2) is 33.9 Å². The molecule has 5 nitrogen and oxygen atoms in total. The molecule has 0 aliphatic carbocycles. The molecule has 2 aromatic rings. The first-order valence-electron chi connectivity index (χ1n) is 5.85. The highest BCUT2D eigenvalue weighted by Gasteiger charge is 2.07. The number of nitrogens with zero attached hydrogens (tertiary/aromatic N) is 2. The molecule has 20 heavy (non-hydrogen) atoms. The molecule has 0 fully saturated rings. The van der Waals surface area contributed by atoms with E-state index in [9.17, 15) is 14.0 Å². The Balaban J connectivity index is 2.28. The fourth-order valence-electron chi connectivity index (χ4n) is 1.77. The van der Waals surface area contributed by atoms with E-state index in [-0.39, 0.29) is 17.1 Å². The van der Waals surface area contributed by atoms with E-state index in [4.69, 9.17) is 11.6 Å². The van der Waals surface area contributed by atoms with Gasteiger partial charge in [0, 0.05) is 25.9 Å². The SMILES string of the molecule is Cn1c(CNc2ccc(F)cc2Cl)cc(=O)n(C)c1=O. The van der Waals surface area contributed by atoms with E-state index in [0.717, 1.165) is 4.57 Å². The van der Waals surface area contributed by atoms with Crippen LogP contribution < -0.4 is 16.6 Å². The highest BCUT2D eigenvalue weighted by molar-refractivity contribution is 6.33. The van der Waals surface area contributed by atoms with Crippen molar-refractivity contribution in [3.63, 3.8) is 0 Å². The predicted molar refractivity (Wildman–Crippen MR) is 75.7 cm³/mol. The number of hydrogen-bond acceptors (Lipinski definition) is 3. The lowest BCUT2D eigenvalue weighted by atomic mass is 10.3. The van der Waals surface area contributed by atoms with Crippen LogP contribution in [0.3, 0.4) is 0 Å². The third kappa shape index (κ3) is 2.75. The molecule has 0 saturated carbocycles. The Labute approximate surface area is 119 Å². The Morgan fingerprint density at radius 1 is 1.20 bits per heavy atom. The van der Waals surface area contributed by atoms with E-state index in [2.05, 4.69) is 5.32 Å². The lowest BCUT2D eigenvalue weighted by Crippen LogP contribution is -2.38. The Hall–Kier alpha value is -2.08. The van der Waals surface area contributed by atoms with E-state index in [1.807, 2.05) is 0 Å². The molecule has 0 amide bonds. The number of nitrogens with one attached hydrogen (secondary N) is 1. The van der Waals surface area contributed by atoms with E-state index >= 15 is 0 Å². The summed E-state index contributed by atoms with van der Waals surface area (Å²) < 4.78 is 15.3. The zero-order chi connectivity index (χ0) is 14.9. The van der Waals surface area contributed by atoms with Crippen molar-refractivity contribution < 1.29 is 4.39 Å². The molecule has 1 N–H and O–H groups in total. The monoisotopic (exact) mass is 297 g/mol. The fourth-order valence-corrected chi connectivity index (χ4v) is 2.00. The van der Waals surface area contributed by atoms with Crippen molar-refractivity contribution in [2.75, 3.05) is 5.32 Å². The summed E-state index contributed by atoms with van der Waals surface area (Å²) in [6.45, 7) is 0.229. The summed E-state index contributed by atoms with van der Waals surface area (Å²) in [6.07, 6.45) is 0. The van der Waals surface area contributed by atoms with Crippen LogP contribution in [0.5, 0.6) is 0 Å². The van der Waals surface area contributed by atoms with Gasteiger partial charge in [-0.3, -0.25) is 13.9 Å². The molecule has 0 aliphatic heterocycles. The van der Waals surface area contributed by atoms with Crippen LogP contribution in [-0.4, -0.2) is 9.13 Å². The van der Waals surface area contributed by atoms with Crippen molar-refractivity contribution in [2.24, 2.45) is 14.1 Å². The summed E-state index contributed by atoms with van der Waals surface area (Å²) >= 11 is 5.89. The molecule has 1 aromatic heterocycles. The van der Waals surface area contributed by atoms with Gasteiger partial charge < -0.3 is 5.32 Å². The van der Waals surface area contributed by atoms with Crippen LogP contribution in [0, 0.1) is 5.82 Å². The van der Waals surface area contributed by atoms with Crippen molar-refractivity contribution >= 4 is 17.3 Å². The van der Waals surface area contributed by atoms with Gasteiger partial charge in [0.25, 0.3) is 5.56 Å². The van der Waals surface area contributed by atoms with Crippen LogP contribution >= 0.6 is 11.6 Å². The molecule has 1 heterocycles. The second-order valence-electron chi connectivity index (χ2n) is 4.35. The van der Waals surface area contributed by atoms with Crippen molar-refractivity contribution in [3.8, 4) is 0 Å². The molecule has 0 radical (unpaired) electrons. The van der Waals surface area contributed by atoms with Gasteiger partial charge in [0.1, 0.15) is 5.82 Å². The Kier molecular flexibility index (Phi) is 3.94. The number of benzene rings is 1. The summed E-state index contributed by atoms with van der Waals surface area (Å²) in [5, 5.41) is 3.20. The first-order chi connectivity index (χ1) is 9.40. The van der Waals surface area contributed by atoms with Gasteiger partial charge in [-0.25, -0.2) is 9.18 Å². The van der Waals surface area contributed by atoms with Gasteiger partial charge in [0.05, 0.1) is 17.3 Å². The van der Waals surface area contributed by atoms with E-state index in [1.165, 1.54) is 35.9 Å². The standard InChI is InChI=1S/C13H13ClFN3O2/c1-17-9(6-12(19)18(2)13(17)20)7-16-11-4-3-8(15)5-10(11)14/h3-6,16H,7H2,1-2H3. The van der Waals surface area contributed by atoms with Gasteiger partial charge in [-0.2, -0.15) is 0 Å². The largest absolute Gasteiger partial charge is 0.378 e. The van der Waals surface area contributed by atoms with Gasteiger partial charge in [-0.15, -0.1) is 0 Å². The molecule has 1 aromatic carbocycles. The molecular weight excluding hydrogens is 285 g/mol. The molecule has 0 aliphatic rings. The quantitative estimate of drug-likeness (QED) is 0.934. The topological polar surface area (TPSA) is 56.0 Å². The lowest BCUT2D eigenvalue weighted by Gasteiger charge is -2.12. The van der Waals surface area contributed by atoms with Crippen molar-refractivity contribution in [3.05, 3.63) is 61.6 Å². The van der Waals surface area contributed by atoms with Crippen molar-refractivity contribution in [2.45, 2.75) is 6.54 Å². The van der Waals surface area contributed by atoms with Crippen molar-refractivity contribution in [1.29, 1.82) is 0 Å². The van der Waals surface area contributed by atoms with Crippen LogP contribution in [0.4, 0.5) is 10.1 Å². The molecule has 0 atom stereocenters. The van der Waals surface area contributed by atoms with E-state index in [0.29, 0.717) is 11.4 Å². The summed E-state index contributed by atoms with van der Waals surface area (Å²) in [4.78, 5) is 23.3. The highest BCUT2D eigenvalue weighted by atomic mass is 35.5. The molecule has 106 valence electrons. The summed E-state index contributed by atoms with van der Waals surface area (Å²) in [5.74, 6) is -0.429. The predicted octanol–water partition coefficient (Wildman–Crippen LogP) is 1.49. The summed E-state index contributed by atoms with van der Waals surface area (Å²) in [5.41, 5.74) is 0.259. The molecule has 0 spiro atoms. The molecular formula is C13H13ClFN3O2. The second-order valence-corrected chi connectivity index (χ2v) is 4.76. The smallest absolute Gasteiger partial charge is 0.330 e. The van der Waals surface area contributed by atoms with E-state index in [1.54, 1.807) is 7.05 Å². The minimum Gasteiger partial charge on any atom is -0.378 e. The maximum Gasteiger partial charge on any atom is 0.330 e. The number of hydrogen-bond donors (Lipinski definition) is 1. The van der Waals surface area contributed by atoms with Gasteiger partial charge in [-0.05, 0) is 18.2 Å². The minimum absolute atomic E-state index is 0.229. The first-order valence-corrected chi connectivity index (χ1v) is 6.23. The average molecular weight is 298 g/mol.